The van der Waals surface area contributed by atoms with E-state index in [1.165, 1.54) is 11.5 Å². The van der Waals surface area contributed by atoms with Gasteiger partial charge in [-0.3, -0.25) is 4.84 Å². The number of hydroxylamine groups is 1. The first-order chi connectivity index (χ1) is 5.93. The van der Waals surface area contributed by atoms with E-state index in [1.807, 2.05) is 5.38 Å². The van der Waals surface area contributed by atoms with Gasteiger partial charge in [-0.1, -0.05) is 4.49 Å². The molecule has 0 radical (unpaired) electrons. The normalized spacial score (nSPS) is 10.4. The van der Waals surface area contributed by atoms with Gasteiger partial charge in [-0.25, -0.2) is 0 Å². The molecule has 1 aromatic rings. The largest absolute Gasteiger partial charge is 0.382 e. The molecule has 0 unspecified atom stereocenters. The van der Waals surface area contributed by atoms with Gasteiger partial charge in [0.05, 0.1) is 25.5 Å². The standard InChI is InChI=1S/C6H11N3O2S/c1-10-2-3-11-7-4-6-5-12-9-8-6/h5,7H,2-4H2,1H3. The van der Waals surface area contributed by atoms with Crippen molar-refractivity contribution in [2.45, 2.75) is 6.54 Å². The van der Waals surface area contributed by atoms with Gasteiger partial charge in [-0.15, -0.1) is 5.10 Å². The van der Waals surface area contributed by atoms with Gasteiger partial charge in [0.1, 0.15) is 0 Å². The van der Waals surface area contributed by atoms with Gasteiger partial charge in [-0.05, 0) is 11.5 Å². The lowest BCUT2D eigenvalue weighted by atomic mass is 10.5. The Morgan fingerprint density at radius 3 is 3.17 bits per heavy atom. The second-order valence-corrected chi connectivity index (χ2v) is 2.67. The van der Waals surface area contributed by atoms with Crippen molar-refractivity contribution < 1.29 is 9.57 Å². The predicted molar refractivity (Wildman–Crippen MR) is 44.6 cm³/mol. The number of rotatable bonds is 6. The maximum absolute atomic E-state index is 5.01. The minimum Gasteiger partial charge on any atom is -0.382 e. The summed E-state index contributed by atoms with van der Waals surface area (Å²) in [5, 5.41) is 5.70. The Morgan fingerprint density at radius 1 is 1.58 bits per heavy atom. The molecule has 0 aromatic carbocycles. The fourth-order valence-electron chi connectivity index (χ4n) is 0.583. The zero-order valence-corrected chi connectivity index (χ0v) is 7.63. The molecule has 0 saturated heterocycles. The molecule has 1 aromatic heterocycles. The van der Waals surface area contributed by atoms with Crippen molar-refractivity contribution in [1.29, 1.82) is 0 Å². The Balaban J connectivity index is 1.96. The van der Waals surface area contributed by atoms with Crippen LogP contribution in [-0.4, -0.2) is 29.9 Å². The number of hydrogen-bond acceptors (Lipinski definition) is 6. The summed E-state index contributed by atoms with van der Waals surface area (Å²) in [6.45, 7) is 1.70. The van der Waals surface area contributed by atoms with Crippen LogP contribution >= 0.6 is 11.5 Å². The second kappa shape index (κ2) is 6.01. The minimum absolute atomic E-state index is 0.536. The van der Waals surface area contributed by atoms with Crippen LogP contribution < -0.4 is 5.48 Å². The lowest BCUT2D eigenvalue weighted by Crippen LogP contribution is -2.17. The average molecular weight is 189 g/mol. The Bertz CT molecular complexity index is 193. The number of nitrogens with zero attached hydrogens (tertiary/aromatic N) is 2. The summed E-state index contributed by atoms with van der Waals surface area (Å²) in [6, 6.07) is 0. The highest BCUT2D eigenvalue weighted by Gasteiger charge is 1.94. The molecule has 0 fully saturated rings. The van der Waals surface area contributed by atoms with Crippen LogP contribution in [0.25, 0.3) is 0 Å². The van der Waals surface area contributed by atoms with Crippen molar-refractivity contribution in [3.63, 3.8) is 0 Å². The zero-order chi connectivity index (χ0) is 8.65. The first-order valence-electron chi connectivity index (χ1n) is 3.53. The molecule has 12 heavy (non-hydrogen) atoms. The van der Waals surface area contributed by atoms with Crippen molar-refractivity contribution in [2.75, 3.05) is 20.3 Å². The summed E-state index contributed by atoms with van der Waals surface area (Å²) in [7, 11) is 1.63. The van der Waals surface area contributed by atoms with Gasteiger partial charge in [0.25, 0.3) is 0 Å². The average Bonchev–Trinajstić information content (AvgIpc) is 2.57. The van der Waals surface area contributed by atoms with E-state index >= 15 is 0 Å². The number of aromatic nitrogens is 2. The van der Waals surface area contributed by atoms with Crippen LogP contribution in [0.4, 0.5) is 0 Å². The molecule has 1 N–H and O–H groups in total. The fourth-order valence-corrected chi connectivity index (χ4v) is 1.03. The van der Waals surface area contributed by atoms with Crippen LogP contribution in [0.5, 0.6) is 0 Å². The van der Waals surface area contributed by atoms with E-state index in [0.717, 1.165) is 5.69 Å². The number of nitrogens with one attached hydrogen (secondary N) is 1. The van der Waals surface area contributed by atoms with Crippen LogP contribution in [0.15, 0.2) is 5.38 Å². The van der Waals surface area contributed by atoms with Crippen molar-refractivity contribution in [3.8, 4) is 0 Å². The van der Waals surface area contributed by atoms with Gasteiger partial charge in [0.15, 0.2) is 0 Å². The summed E-state index contributed by atoms with van der Waals surface area (Å²) in [5.74, 6) is 0. The van der Waals surface area contributed by atoms with Gasteiger partial charge < -0.3 is 4.74 Å². The van der Waals surface area contributed by atoms with Crippen LogP contribution in [0.2, 0.25) is 0 Å². The van der Waals surface area contributed by atoms with Crippen molar-refractivity contribution in [3.05, 3.63) is 11.1 Å². The van der Waals surface area contributed by atoms with Crippen LogP contribution in [0, 0.1) is 0 Å². The third-order valence-corrected chi connectivity index (χ3v) is 1.70. The Hall–Kier alpha value is -0.560. The lowest BCUT2D eigenvalue weighted by Gasteiger charge is -2.01. The van der Waals surface area contributed by atoms with Crippen LogP contribution in [0.3, 0.4) is 0 Å². The molecule has 0 aliphatic heterocycles. The van der Waals surface area contributed by atoms with Crippen LogP contribution in [0.1, 0.15) is 5.69 Å². The summed E-state index contributed by atoms with van der Waals surface area (Å²) in [5.41, 5.74) is 3.63. The van der Waals surface area contributed by atoms with E-state index in [2.05, 4.69) is 15.1 Å². The molecule has 5 nitrogen and oxygen atoms in total. The molecule has 0 bridgehead atoms. The summed E-state index contributed by atoms with van der Waals surface area (Å²) in [6.07, 6.45) is 0. The highest BCUT2D eigenvalue weighted by molar-refractivity contribution is 7.03. The summed E-state index contributed by atoms with van der Waals surface area (Å²) in [4.78, 5) is 5.01. The number of methoxy groups -OCH3 is 1. The molecule has 0 atom stereocenters. The fraction of sp³-hybridized carbons (Fsp3) is 0.667. The minimum atomic E-state index is 0.536. The molecule has 6 heteroatoms. The third kappa shape index (κ3) is 3.72. The quantitative estimate of drug-likeness (QED) is 0.512. The number of ether oxygens (including phenoxy) is 1. The maximum Gasteiger partial charge on any atom is 0.0917 e. The lowest BCUT2D eigenvalue weighted by molar-refractivity contribution is 0.00299. The van der Waals surface area contributed by atoms with E-state index in [9.17, 15) is 0 Å². The first-order valence-corrected chi connectivity index (χ1v) is 4.36. The monoisotopic (exact) mass is 189 g/mol. The van der Waals surface area contributed by atoms with Gasteiger partial charge in [-0.2, -0.15) is 5.48 Å². The Labute approximate surface area is 74.8 Å². The molecular weight excluding hydrogens is 178 g/mol. The van der Waals surface area contributed by atoms with E-state index in [0.29, 0.717) is 19.8 Å². The SMILES string of the molecule is COCCONCc1csnn1. The molecule has 68 valence electrons. The smallest absolute Gasteiger partial charge is 0.0917 e. The van der Waals surface area contributed by atoms with Gasteiger partial charge in [0.2, 0.25) is 0 Å². The topological polar surface area (TPSA) is 56.3 Å². The first kappa shape index (κ1) is 9.53. The summed E-state index contributed by atoms with van der Waals surface area (Å²) < 4.78 is 8.50. The summed E-state index contributed by atoms with van der Waals surface area (Å²) >= 11 is 1.33. The zero-order valence-electron chi connectivity index (χ0n) is 6.82. The van der Waals surface area contributed by atoms with E-state index in [-0.39, 0.29) is 0 Å². The predicted octanol–water partition coefficient (Wildman–Crippen LogP) is 0.206. The van der Waals surface area contributed by atoms with E-state index < -0.39 is 0 Å². The second-order valence-electron chi connectivity index (χ2n) is 2.06. The molecular formula is C6H11N3O2S. The molecule has 0 aliphatic carbocycles. The number of hydrogen-bond donors (Lipinski definition) is 1. The molecule has 0 amide bonds. The van der Waals surface area contributed by atoms with Crippen molar-refractivity contribution in [1.82, 2.24) is 15.1 Å². The van der Waals surface area contributed by atoms with E-state index in [4.69, 9.17) is 9.57 Å². The van der Waals surface area contributed by atoms with Crippen LogP contribution in [-0.2, 0) is 16.1 Å². The molecule has 0 spiro atoms. The Morgan fingerprint density at radius 2 is 2.50 bits per heavy atom. The molecule has 0 aliphatic rings. The molecule has 0 saturated carbocycles. The highest BCUT2D eigenvalue weighted by Crippen LogP contribution is 1.94. The van der Waals surface area contributed by atoms with E-state index in [1.54, 1.807) is 7.11 Å². The molecule has 1 heterocycles. The molecule has 1 rings (SSSR count). The maximum atomic E-state index is 5.01. The Kier molecular flexibility index (Phi) is 4.77. The van der Waals surface area contributed by atoms with Gasteiger partial charge >= 0.3 is 0 Å². The van der Waals surface area contributed by atoms with Crippen molar-refractivity contribution in [2.24, 2.45) is 0 Å². The highest BCUT2D eigenvalue weighted by atomic mass is 32.1. The third-order valence-electron chi connectivity index (χ3n) is 1.15. The van der Waals surface area contributed by atoms with Crippen molar-refractivity contribution >= 4 is 11.5 Å². The van der Waals surface area contributed by atoms with Gasteiger partial charge in [0, 0.05) is 12.5 Å².